The van der Waals surface area contributed by atoms with Crippen molar-refractivity contribution >= 4 is 5.82 Å². The maximum absolute atomic E-state index is 13.2. The monoisotopic (exact) mass is 227 g/mol. The van der Waals surface area contributed by atoms with E-state index < -0.39 is 30.5 Å². The Morgan fingerprint density at radius 3 is 3.00 bits per heavy atom. The molecule has 2 atom stereocenters. The van der Waals surface area contributed by atoms with Crippen molar-refractivity contribution in [3.63, 3.8) is 0 Å². The van der Waals surface area contributed by atoms with Gasteiger partial charge in [-0.3, -0.25) is 4.57 Å². The molecule has 1 aromatic rings. The van der Waals surface area contributed by atoms with Crippen molar-refractivity contribution < 1.29 is 14.2 Å². The Morgan fingerprint density at radius 1 is 1.69 bits per heavy atom. The van der Waals surface area contributed by atoms with Gasteiger partial charge in [-0.1, -0.05) is 0 Å². The van der Waals surface area contributed by atoms with Crippen molar-refractivity contribution in [2.24, 2.45) is 0 Å². The molecule has 1 aliphatic rings. The van der Waals surface area contributed by atoms with E-state index in [9.17, 15) is 9.18 Å². The second-order valence-electron chi connectivity index (χ2n) is 3.29. The summed E-state index contributed by atoms with van der Waals surface area (Å²) in [5, 5.41) is 8.79. The number of hydrogen-bond donors (Lipinski definition) is 2. The minimum atomic E-state index is -1.02. The molecule has 16 heavy (non-hydrogen) atoms. The molecule has 7 heteroatoms. The highest BCUT2D eigenvalue weighted by Crippen LogP contribution is 2.26. The van der Waals surface area contributed by atoms with Gasteiger partial charge in [0.15, 0.2) is 6.23 Å². The van der Waals surface area contributed by atoms with Crippen molar-refractivity contribution in [2.45, 2.75) is 12.3 Å². The van der Waals surface area contributed by atoms with Gasteiger partial charge in [0.1, 0.15) is 17.7 Å². The average molecular weight is 227 g/mol. The first-order chi connectivity index (χ1) is 7.61. The summed E-state index contributed by atoms with van der Waals surface area (Å²) in [5.41, 5.74) is 4.68. The second kappa shape index (κ2) is 4.03. The van der Waals surface area contributed by atoms with Crippen molar-refractivity contribution in [3.8, 4) is 0 Å². The highest BCUT2D eigenvalue weighted by molar-refractivity contribution is 5.24. The minimum Gasteiger partial charge on any atom is -0.393 e. The van der Waals surface area contributed by atoms with Crippen LogP contribution in [-0.4, -0.2) is 27.4 Å². The Labute approximate surface area is 89.8 Å². The number of ether oxygens (including phenoxy) is 1. The van der Waals surface area contributed by atoms with Crippen LogP contribution < -0.4 is 11.4 Å². The molecule has 1 aromatic heterocycles. The van der Waals surface area contributed by atoms with E-state index in [0.717, 1.165) is 10.6 Å². The second-order valence-corrected chi connectivity index (χ2v) is 3.29. The molecule has 0 radical (unpaired) electrons. The van der Waals surface area contributed by atoms with Gasteiger partial charge in [0, 0.05) is 6.20 Å². The smallest absolute Gasteiger partial charge is 0.351 e. The maximum Gasteiger partial charge on any atom is 0.351 e. The predicted octanol–water partition coefficient (Wildman–Crippen LogP) is -0.431. The lowest BCUT2D eigenvalue weighted by Crippen LogP contribution is -2.28. The van der Waals surface area contributed by atoms with Gasteiger partial charge >= 0.3 is 5.69 Å². The van der Waals surface area contributed by atoms with Crippen molar-refractivity contribution in [1.29, 1.82) is 0 Å². The number of aliphatic hydroxyl groups is 1. The molecule has 0 bridgehead atoms. The Kier molecular flexibility index (Phi) is 2.71. The molecule has 3 N–H and O–H groups in total. The fraction of sp³-hybridized carbons (Fsp3) is 0.333. The predicted molar refractivity (Wildman–Crippen MR) is 53.1 cm³/mol. The van der Waals surface area contributed by atoms with Crippen molar-refractivity contribution in [2.75, 3.05) is 12.3 Å². The summed E-state index contributed by atoms with van der Waals surface area (Å²) in [6, 6.07) is 1.41. The topological polar surface area (TPSA) is 90.4 Å². The molecule has 0 aliphatic carbocycles. The van der Waals surface area contributed by atoms with Crippen LogP contribution in [0.1, 0.15) is 6.23 Å². The van der Waals surface area contributed by atoms with E-state index in [1.165, 1.54) is 12.3 Å². The van der Waals surface area contributed by atoms with Crippen LogP contribution in [0.5, 0.6) is 0 Å². The molecule has 2 heterocycles. The van der Waals surface area contributed by atoms with Crippen molar-refractivity contribution in [3.05, 3.63) is 34.7 Å². The first-order valence-corrected chi connectivity index (χ1v) is 4.60. The van der Waals surface area contributed by atoms with Crippen LogP contribution in [0, 0.1) is 0 Å². The quantitative estimate of drug-likeness (QED) is 0.715. The van der Waals surface area contributed by atoms with Crippen LogP contribution in [0.25, 0.3) is 0 Å². The van der Waals surface area contributed by atoms with Crippen LogP contribution in [0.2, 0.25) is 0 Å². The number of anilines is 1. The molecule has 0 amide bonds. The summed E-state index contributed by atoms with van der Waals surface area (Å²) >= 11 is 0. The highest BCUT2D eigenvalue weighted by Gasteiger charge is 2.28. The number of hydrogen-bond acceptors (Lipinski definition) is 5. The summed E-state index contributed by atoms with van der Waals surface area (Å²) < 4.78 is 19.3. The lowest BCUT2D eigenvalue weighted by Gasteiger charge is -2.14. The summed E-state index contributed by atoms with van der Waals surface area (Å²) in [6.07, 6.45) is 0.561. The van der Waals surface area contributed by atoms with Crippen LogP contribution >= 0.6 is 0 Å². The Morgan fingerprint density at radius 2 is 2.44 bits per heavy atom. The molecule has 2 rings (SSSR count). The summed E-state index contributed by atoms with van der Waals surface area (Å²) in [6.45, 7) is -0.476. The number of aliphatic hydroxyl groups excluding tert-OH is 1. The van der Waals surface area contributed by atoms with Crippen LogP contribution in [0.3, 0.4) is 0 Å². The van der Waals surface area contributed by atoms with E-state index in [0.29, 0.717) is 0 Å². The summed E-state index contributed by atoms with van der Waals surface area (Å²) in [5.74, 6) is -0.515. The number of halogens is 1. The zero-order chi connectivity index (χ0) is 11.7. The molecule has 0 saturated heterocycles. The molecular weight excluding hydrogens is 217 g/mol. The molecule has 1 aliphatic heterocycles. The molecular formula is C9H10FN3O3. The van der Waals surface area contributed by atoms with Gasteiger partial charge in [-0.25, -0.2) is 9.18 Å². The standard InChI is InChI=1S/C9H10FN3O3/c10-5-3-8(16-6(5)4-14)13-2-1-7(11)12-9(13)15/h1-3,6,8,14H,4H2,(H2,11,12,15)/t6-,8-/m1/s1. The van der Waals surface area contributed by atoms with Crippen LogP contribution in [0.4, 0.5) is 10.2 Å². The number of aromatic nitrogens is 2. The SMILES string of the molecule is Nc1ccn([C@H]2C=C(F)[C@@H](CO)O2)c(=O)n1. The molecule has 0 spiro atoms. The zero-order valence-electron chi connectivity index (χ0n) is 8.21. The third-order valence-corrected chi connectivity index (χ3v) is 2.20. The van der Waals surface area contributed by atoms with Gasteiger partial charge in [-0.05, 0) is 12.1 Å². The van der Waals surface area contributed by atoms with E-state index in [2.05, 4.69) is 4.98 Å². The molecule has 6 nitrogen and oxygen atoms in total. The number of rotatable bonds is 2. The fourth-order valence-electron chi connectivity index (χ4n) is 1.41. The lowest BCUT2D eigenvalue weighted by molar-refractivity contribution is -0.0198. The summed E-state index contributed by atoms with van der Waals surface area (Å²) in [7, 11) is 0. The van der Waals surface area contributed by atoms with Crippen LogP contribution in [-0.2, 0) is 4.74 Å². The zero-order valence-corrected chi connectivity index (χ0v) is 8.21. The first-order valence-electron chi connectivity index (χ1n) is 4.60. The van der Waals surface area contributed by atoms with Gasteiger partial charge in [0.05, 0.1) is 6.61 Å². The molecule has 0 unspecified atom stereocenters. The van der Waals surface area contributed by atoms with Crippen LogP contribution in [0.15, 0.2) is 29.0 Å². The lowest BCUT2D eigenvalue weighted by atomic mass is 10.3. The molecule has 86 valence electrons. The number of nitrogens with two attached hydrogens (primary N) is 1. The Balaban J connectivity index is 2.31. The van der Waals surface area contributed by atoms with Crippen molar-refractivity contribution in [1.82, 2.24) is 9.55 Å². The molecule has 0 fully saturated rings. The largest absolute Gasteiger partial charge is 0.393 e. The maximum atomic E-state index is 13.2. The van der Waals surface area contributed by atoms with Gasteiger partial charge in [0.25, 0.3) is 0 Å². The van der Waals surface area contributed by atoms with E-state index in [1.807, 2.05) is 0 Å². The van der Waals surface area contributed by atoms with E-state index >= 15 is 0 Å². The first kappa shape index (κ1) is 10.8. The highest BCUT2D eigenvalue weighted by atomic mass is 19.1. The van der Waals surface area contributed by atoms with Gasteiger partial charge < -0.3 is 15.6 Å². The van der Waals surface area contributed by atoms with E-state index in [-0.39, 0.29) is 5.82 Å². The number of nitrogen functional groups attached to an aromatic ring is 1. The summed E-state index contributed by atoms with van der Waals surface area (Å²) in [4.78, 5) is 14.9. The molecule has 0 aromatic carbocycles. The minimum absolute atomic E-state index is 0.0856. The average Bonchev–Trinajstić information content (AvgIpc) is 2.59. The van der Waals surface area contributed by atoms with Gasteiger partial charge in [-0.2, -0.15) is 4.98 Å². The molecule has 0 saturated carbocycles. The van der Waals surface area contributed by atoms with E-state index in [4.69, 9.17) is 15.6 Å². The number of nitrogens with zero attached hydrogens (tertiary/aromatic N) is 2. The third kappa shape index (κ3) is 1.82. The Hall–Kier alpha value is -1.73. The van der Waals surface area contributed by atoms with Gasteiger partial charge in [0.2, 0.25) is 0 Å². The Bertz CT molecular complexity index is 485. The normalized spacial score (nSPS) is 24.5. The third-order valence-electron chi connectivity index (χ3n) is 2.20. The van der Waals surface area contributed by atoms with Gasteiger partial charge in [-0.15, -0.1) is 0 Å². The van der Waals surface area contributed by atoms with E-state index in [1.54, 1.807) is 0 Å². The fourth-order valence-corrected chi connectivity index (χ4v) is 1.41.